The Bertz CT molecular complexity index is 1840. The maximum Gasteiger partial charge on any atom is 0.393 e. The van der Waals surface area contributed by atoms with Gasteiger partial charge in [-0.15, -0.1) is 0 Å². The number of rotatable bonds is 21. The van der Waals surface area contributed by atoms with E-state index in [4.69, 9.17) is 29.8 Å². The molecule has 0 aliphatic rings. The predicted molar refractivity (Wildman–Crippen MR) is 205 cm³/mol. The number of ether oxygens (including phenoxy) is 4. The number of unbranched alkanes of at least 4 members (excludes halogenated alkanes) is 8. The largest absolute Gasteiger partial charge is 0.497 e. The van der Waals surface area contributed by atoms with E-state index in [0.717, 1.165) is 37.0 Å². The van der Waals surface area contributed by atoms with Crippen molar-refractivity contribution in [1.29, 1.82) is 0 Å². The highest BCUT2D eigenvalue weighted by molar-refractivity contribution is 6.07. The average Bonchev–Trinajstić information content (AvgIpc) is 3.49. The van der Waals surface area contributed by atoms with Crippen molar-refractivity contribution < 1.29 is 36.5 Å². The zero-order chi connectivity index (χ0) is 39.3. The third-order valence-corrected chi connectivity index (χ3v) is 9.27. The lowest BCUT2D eigenvalue weighted by Gasteiger charge is -2.17. The van der Waals surface area contributed by atoms with Crippen LogP contribution in [0.1, 0.15) is 102 Å². The predicted octanol–water partition coefficient (Wildman–Crippen LogP) is 10.2. The smallest absolute Gasteiger partial charge is 0.393 e. The summed E-state index contributed by atoms with van der Waals surface area (Å²) in [7, 11) is 4.32. The quantitative estimate of drug-likeness (QED) is 0.0390. The molecule has 2 heterocycles. The van der Waals surface area contributed by atoms with Crippen LogP contribution in [0.2, 0.25) is 0 Å². The summed E-state index contributed by atoms with van der Waals surface area (Å²) in [6, 6.07) is 9.01. The molecule has 4 rings (SSSR count). The highest BCUT2D eigenvalue weighted by atomic mass is 19.4. The SMILES string of the molecule is COc1ccc(CN=C(N)c2nn(COCCCCCCCCCCCC(C)(C)C)c3cc(-c4cc(F)c(OC)cc4CC(F)(F)F)ncc23)c(OC)c1. The van der Waals surface area contributed by atoms with Crippen LogP contribution in [0.5, 0.6) is 17.2 Å². The highest BCUT2D eigenvalue weighted by Crippen LogP contribution is 2.35. The first-order valence-corrected chi connectivity index (χ1v) is 18.6. The van der Waals surface area contributed by atoms with Gasteiger partial charge in [-0.1, -0.05) is 72.1 Å². The summed E-state index contributed by atoms with van der Waals surface area (Å²) in [5, 5.41) is 5.22. The highest BCUT2D eigenvalue weighted by Gasteiger charge is 2.30. The van der Waals surface area contributed by atoms with Gasteiger partial charge >= 0.3 is 6.18 Å². The molecule has 2 aromatic heterocycles. The van der Waals surface area contributed by atoms with E-state index in [1.54, 1.807) is 37.1 Å². The molecule has 54 heavy (non-hydrogen) atoms. The summed E-state index contributed by atoms with van der Waals surface area (Å²) < 4.78 is 79.1. The van der Waals surface area contributed by atoms with E-state index in [1.807, 2.05) is 6.07 Å². The Hall–Kier alpha value is -4.39. The normalized spacial score (nSPS) is 12.4. The van der Waals surface area contributed by atoms with E-state index >= 15 is 0 Å². The molecule has 2 aromatic carbocycles. The number of fused-ring (bicyclic) bond motifs is 1. The van der Waals surface area contributed by atoms with Gasteiger partial charge in [-0.2, -0.15) is 18.3 Å². The van der Waals surface area contributed by atoms with E-state index < -0.39 is 18.4 Å². The fraction of sp³-hybridized carbons (Fsp3) is 0.537. The number of nitrogens with two attached hydrogens (primary N) is 1. The lowest BCUT2D eigenvalue weighted by molar-refractivity contribution is -0.127. The first kappa shape index (κ1) is 42.4. The third kappa shape index (κ3) is 12.6. The van der Waals surface area contributed by atoms with Gasteiger partial charge < -0.3 is 24.7 Å². The summed E-state index contributed by atoms with van der Waals surface area (Å²) in [6.07, 6.45) is 7.55. The first-order chi connectivity index (χ1) is 25.7. The molecule has 0 aliphatic carbocycles. The van der Waals surface area contributed by atoms with Crippen molar-refractivity contribution in [3.05, 3.63) is 65.2 Å². The van der Waals surface area contributed by atoms with Gasteiger partial charge in [-0.25, -0.2) is 9.07 Å². The first-order valence-electron chi connectivity index (χ1n) is 18.6. The number of halogens is 4. The number of nitrogens with zero attached hydrogens (tertiary/aromatic N) is 4. The second kappa shape index (κ2) is 19.8. The lowest BCUT2D eigenvalue weighted by Crippen LogP contribution is -2.16. The minimum Gasteiger partial charge on any atom is -0.497 e. The molecular weight excluding hydrogens is 702 g/mol. The Morgan fingerprint density at radius 1 is 0.815 bits per heavy atom. The van der Waals surface area contributed by atoms with Crippen molar-refractivity contribution in [2.24, 2.45) is 16.1 Å². The van der Waals surface area contributed by atoms with Crippen molar-refractivity contribution in [1.82, 2.24) is 14.8 Å². The van der Waals surface area contributed by atoms with Crippen LogP contribution in [0.3, 0.4) is 0 Å². The number of benzene rings is 2. The molecule has 13 heteroatoms. The van der Waals surface area contributed by atoms with Crippen LogP contribution in [0, 0.1) is 11.2 Å². The Balaban J connectivity index is 1.50. The topological polar surface area (TPSA) is 106 Å². The van der Waals surface area contributed by atoms with Crippen LogP contribution in [0.4, 0.5) is 17.6 Å². The molecule has 2 N–H and O–H groups in total. The molecule has 0 radical (unpaired) electrons. The fourth-order valence-corrected chi connectivity index (χ4v) is 6.33. The summed E-state index contributed by atoms with van der Waals surface area (Å²) in [4.78, 5) is 9.02. The second-order valence-electron chi connectivity index (χ2n) is 14.8. The third-order valence-electron chi connectivity index (χ3n) is 9.27. The maximum absolute atomic E-state index is 14.9. The van der Waals surface area contributed by atoms with Gasteiger partial charge in [0.15, 0.2) is 11.6 Å². The van der Waals surface area contributed by atoms with Crippen LogP contribution in [-0.4, -0.2) is 54.7 Å². The number of methoxy groups -OCH3 is 3. The molecule has 0 saturated heterocycles. The summed E-state index contributed by atoms with van der Waals surface area (Å²) >= 11 is 0. The number of alkyl halides is 3. The molecule has 9 nitrogen and oxygen atoms in total. The average molecular weight is 758 g/mol. The van der Waals surface area contributed by atoms with Crippen LogP contribution in [0.15, 0.2) is 47.6 Å². The number of hydrogen-bond donors (Lipinski definition) is 1. The van der Waals surface area contributed by atoms with Gasteiger partial charge in [-0.3, -0.25) is 9.98 Å². The minimum absolute atomic E-state index is 0.0131. The van der Waals surface area contributed by atoms with Crippen LogP contribution in [0.25, 0.3) is 22.2 Å². The van der Waals surface area contributed by atoms with Gasteiger partial charge in [0.25, 0.3) is 0 Å². The summed E-state index contributed by atoms with van der Waals surface area (Å²) in [5.74, 6) is 0.234. The van der Waals surface area contributed by atoms with Crippen molar-refractivity contribution in [3.8, 4) is 28.5 Å². The van der Waals surface area contributed by atoms with Crippen molar-refractivity contribution >= 4 is 16.7 Å². The summed E-state index contributed by atoms with van der Waals surface area (Å²) in [6.45, 7) is 7.61. The standard InChI is InChI=1S/C41H55F4N5O4/c1-40(2,3)18-14-12-10-8-7-9-11-13-15-19-54-27-50-35-23-34(31-22-33(42)37(53-6)20-29(31)24-41(43,44)45)47-26-32(35)38(49-50)39(46)48-25-28-16-17-30(51-4)21-36(28)52-5/h16-17,20-23,26H,7-15,18-19,24-25,27H2,1-6H3,(H2,46,48). The molecule has 0 unspecified atom stereocenters. The zero-order valence-corrected chi connectivity index (χ0v) is 32.5. The Kier molecular flexibility index (Phi) is 15.5. The van der Waals surface area contributed by atoms with Crippen molar-refractivity contribution in [3.63, 3.8) is 0 Å². The molecular formula is C41H55F4N5O4. The maximum atomic E-state index is 14.9. The fourth-order valence-electron chi connectivity index (χ4n) is 6.33. The molecule has 0 amide bonds. The van der Waals surface area contributed by atoms with E-state index in [2.05, 4.69) is 30.7 Å². The Labute approximate surface area is 316 Å². The van der Waals surface area contributed by atoms with Crippen LogP contribution < -0.4 is 19.9 Å². The molecule has 0 aliphatic heterocycles. The second-order valence-corrected chi connectivity index (χ2v) is 14.8. The van der Waals surface area contributed by atoms with Crippen LogP contribution in [-0.2, 0) is 24.4 Å². The number of pyridine rings is 1. The van der Waals surface area contributed by atoms with E-state index in [1.165, 1.54) is 58.3 Å². The Morgan fingerprint density at radius 2 is 1.48 bits per heavy atom. The molecule has 4 aromatic rings. The zero-order valence-electron chi connectivity index (χ0n) is 32.5. The summed E-state index contributed by atoms with van der Waals surface area (Å²) in [5.41, 5.74) is 8.44. The Morgan fingerprint density at radius 3 is 2.11 bits per heavy atom. The van der Waals surface area contributed by atoms with Gasteiger partial charge in [0.05, 0.1) is 45.5 Å². The van der Waals surface area contributed by atoms with Crippen molar-refractivity contribution in [2.75, 3.05) is 27.9 Å². The van der Waals surface area contributed by atoms with Gasteiger partial charge in [0.2, 0.25) is 0 Å². The van der Waals surface area contributed by atoms with Gasteiger partial charge in [0, 0.05) is 35.4 Å². The van der Waals surface area contributed by atoms with E-state index in [-0.39, 0.29) is 41.7 Å². The van der Waals surface area contributed by atoms with Crippen LogP contribution >= 0.6 is 0 Å². The molecule has 0 fully saturated rings. The van der Waals surface area contributed by atoms with E-state index in [9.17, 15) is 17.6 Å². The number of amidine groups is 1. The molecule has 0 saturated carbocycles. The number of hydrogen-bond acceptors (Lipinski definition) is 7. The molecule has 0 bridgehead atoms. The van der Waals surface area contributed by atoms with Gasteiger partial charge in [-0.05, 0) is 54.2 Å². The molecule has 0 spiro atoms. The minimum atomic E-state index is -4.55. The molecule has 0 atom stereocenters. The monoisotopic (exact) mass is 757 g/mol. The van der Waals surface area contributed by atoms with Crippen molar-refractivity contribution in [2.45, 2.75) is 111 Å². The number of aromatic nitrogens is 3. The molecule has 296 valence electrons. The number of aliphatic imine (C=N–C) groups is 1. The lowest BCUT2D eigenvalue weighted by atomic mass is 9.89. The van der Waals surface area contributed by atoms with Gasteiger partial charge in [0.1, 0.15) is 29.8 Å². The van der Waals surface area contributed by atoms with E-state index in [0.29, 0.717) is 40.1 Å².